The number of hydrogen-bond acceptors (Lipinski definition) is 2. The molecule has 4 heteroatoms. The van der Waals surface area contributed by atoms with Gasteiger partial charge in [0.2, 0.25) is 5.91 Å². The number of rotatable bonds is 2. The number of aryl methyl sites for hydroxylation is 1. The summed E-state index contributed by atoms with van der Waals surface area (Å²) in [5, 5.41) is 3.78. The number of halogens is 1. The Morgan fingerprint density at radius 1 is 1.47 bits per heavy atom. The van der Waals surface area contributed by atoms with Crippen molar-refractivity contribution in [2.24, 2.45) is 0 Å². The number of nitrogens with zero attached hydrogens (tertiary/aromatic N) is 1. The molecule has 0 radical (unpaired) electrons. The first kappa shape index (κ1) is 12.4. The molecule has 1 heterocycles. The van der Waals surface area contributed by atoms with E-state index in [4.69, 9.17) is 11.6 Å². The maximum Gasteiger partial charge on any atom is 0.244 e. The molecule has 2 rings (SSSR count). The number of amides is 1. The fraction of sp³-hybridized carbons (Fsp3) is 0.462. The molecular formula is C13H17ClN2O. The lowest BCUT2D eigenvalue weighted by atomic mass is 10.0. The quantitative estimate of drug-likeness (QED) is 0.877. The van der Waals surface area contributed by atoms with Crippen molar-refractivity contribution in [2.45, 2.75) is 25.8 Å². The van der Waals surface area contributed by atoms with Gasteiger partial charge >= 0.3 is 0 Å². The Balaban J connectivity index is 2.29. The van der Waals surface area contributed by atoms with E-state index in [9.17, 15) is 4.79 Å². The van der Waals surface area contributed by atoms with Crippen LogP contribution in [0.1, 0.15) is 18.4 Å². The summed E-state index contributed by atoms with van der Waals surface area (Å²) in [5.41, 5.74) is 2.02. The molecule has 1 unspecified atom stereocenters. The third-order valence-corrected chi connectivity index (χ3v) is 3.47. The number of carbonyl (C=O) groups is 1. The average Bonchev–Trinajstić information content (AvgIpc) is 2.30. The van der Waals surface area contributed by atoms with Crippen LogP contribution in [-0.4, -0.2) is 25.5 Å². The van der Waals surface area contributed by atoms with Gasteiger partial charge in [-0.05, 0) is 50.6 Å². The molecule has 0 aromatic heterocycles. The van der Waals surface area contributed by atoms with Gasteiger partial charge < -0.3 is 10.2 Å². The predicted octanol–water partition coefficient (Wildman–Crippen LogP) is 2.36. The van der Waals surface area contributed by atoms with Crippen LogP contribution in [0.3, 0.4) is 0 Å². The largest absolute Gasteiger partial charge is 0.311 e. The molecular weight excluding hydrogens is 236 g/mol. The second kappa shape index (κ2) is 5.07. The van der Waals surface area contributed by atoms with Crippen LogP contribution in [0.2, 0.25) is 5.02 Å². The minimum Gasteiger partial charge on any atom is -0.311 e. The highest BCUT2D eigenvalue weighted by atomic mass is 35.5. The fourth-order valence-electron chi connectivity index (χ4n) is 2.30. The van der Waals surface area contributed by atoms with Crippen LogP contribution in [0.5, 0.6) is 0 Å². The molecule has 0 spiro atoms. The first-order valence-corrected chi connectivity index (χ1v) is 6.26. The van der Waals surface area contributed by atoms with E-state index in [1.807, 2.05) is 37.1 Å². The van der Waals surface area contributed by atoms with E-state index in [2.05, 4.69) is 5.32 Å². The molecule has 1 amide bonds. The van der Waals surface area contributed by atoms with Crippen molar-refractivity contribution in [3.63, 3.8) is 0 Å². The van der Waals surface area contributed by atoms with E-state index >= 15 is 0 Å². The van der Waals surface area contributed by atoms with E-state index in [1.54, 1.807) is 0 Å². The summed E-state index contributed by atoms with van der Waals surface area (Å²) < 4.78 is 0. The number of hydrogen-bond donors (Lipinski definition) is 1. The van der Waals surface area contributed by atoms with Crippen LogP contribution < -0.4 is 10.2 Å². The highest BCUT2D eigenvalue weighted by molar-refractivity contribution is 6.30. The van der Waals surface area contributed by atoms with Crippen LogP contribution >= 0.6 is 11.6 Å². The molecule has 1 aromatic rings. The minimum absolute atomic E-state index is 0.0566. The third-order valence-electron chi connectivity index (χ3n) is 3.24. The third kappa shape index (κ3) is 2.45. The Hall–Kier alpha value is -1.06. The summed E-state index contributed by atoms with van der Waals surface area (Å²) in [4.78, 5) is 14.1. The first-order chi connectivity index (χ1) is 8.13. The number of piperidine rings is 1. The van der Waals surface area contributed by atoms with Gasteiger partial charge in [-0.1, -0.05) is 11.6 Å². The molecule has 92 valence electrons. The monoisotopic (exact) mass is 252 g/mol. The Morgan fingerprint density at radius 2 is 2.24 bits per heavy atom. The van der Waals surface area contributed by atoms with Crippen molar-refractivity contribution >= 4 is 23.2 Å². The molecule has 1 saturated heterocycles. The molecule has 0 bridgehead atoms. The Kier molecular flexibility index (Phi) is 3.69. The summed E-state index contributed by atoms with van der Waals surface area (Å²) >= 11 is 5.93. The van der Waals surface area contributed by atoms with Gasteiger partial charge in [0.25, 0.3) is 0 Å². The van der Waals surface area contributed by atoms with Crippen LogP contribution in [0.25, 0.3) is 0 Å². The number of benzene rings is 1. The van der Waals surface area contributed by atoms with Gasteiger partial charge in [0.15, 0.2) is 0 Å². The molecule has 0 aliphatic carbocycles. The predicted molar refractivity (Wildman–Crippen MR) is 70.6 cm³/mol. The van der Waals surface area contributed by atoms with Gasteiger partial charge in [-0.3, -0.25) is 4.79 Å². The zero-order chi connectivity index (χ0) is 12.4. The summed E-state index contributed by atoms with van der Waals surface area (Å²) in [6, 6.07) is 5.60. The minimum atomic E-state index is -0.0566. The number of anilines is 1. The van der Waals surface area contributed by atoms with Crippen molar-refractivity contribution in [3.05, 3.63) is 28.8 Å². The maximum absolute atomic E-state index is 12.2. The topological polar surface area (TPSA) is 32.3 Å². The molecule has 1 N–H and O–H groups in total. The van der Waals surface area contributed by atoms with Crippen LogP contribution in [0.4, 0.5) is 5.69 Å². The molecule has 0 saturated carbocycles. The van der Waals surface area contributed by atoms with Crippen molar-refractivity contribution in [1.82, 2.24) is 5.32 Å². The second-order valence-electron chi connectivity index (χ2n) is 4.40. The molecule has 1 fully saturated rings. The Bertz CT molecular complexity index is 433. The highest BCUT2D eigenvalue weighted by Crippen LogP contribution is 2.26. The Morgan fingerprint density at radius 3 is 2.88 bits per heavy atom. The molecule has 1 aliphatic heterocycles. The van der Waals surface area contributed by atoms with Crippen molar-refractivity contribution in [1.29, 1.82) is 0 Å². The normalized spacial score (nSPS) is 20.8. The van der Waals surface area contributed by atoms with Gasteiger partial charge in [-0.25, -0.2) is 0 Å². The Labute approximate surface area is 107 Å². The average molecular weight is 253 g/mol. The summed E-state index contributed by atoms with van der Waals surface area (Å²) in [6.45, 7) is 2.77. The molecule has 17 heavy (non-hydrogen) atoms. The number of likely N-dealkylation sites (N-methyl/N-ethyl adjacent to an activating group) is 1. The van der Waals surface area contributed by atoms with E-state index in [0.717, 1.165) is 30.6 Å². The molecule has 1 aromatic carbocycles. The lowest BCUT2D eigenvalue weighted by Gasteiger charge is -2.33. The number of carbonyl (C=O) groups excluding carboxylic acids is 1. The lowest BCUT2D eigenvalue weighted by Crippen LogP contribution is -2.50. The summed E-state index contributed by atoms with van der Waals surface area (Å²) in [5.74, 6) is 0.157. The summed E-state index contributed by atoms with van der Waals surface area (Å²) in [7, 11) is 1.83. The van der Waals surface area contributed by atoms with Crippen LogP contribution in [-0.2, 0) is 4.79 Å². The maximum atomic E-state index is 12.2. The van der Waals surface area contributed by atoms with E-state index in [-0.39, 0.29) is 11.9 Å². The van der Waals surface area contributed by atoms with Crippen molar-refractivity contribution < 1.29 is 4.79 Å². The van der Waals surface area contributed by atoms with Gasteiger partial charge in [0, 0.05) is 17.3 Å². The van der Waals surface area contributed by atoms with E-state index in [0.29, 0.717) is 5.02 Å². The van der Waals surface area contributed by atoms with Gasteiger partial charge in [-0.15, -0.1) is 0 Å². The van der Waals surface area contributed by atoms with E-state index < -0.39 is 0 Å². The summed E-state index contributed by atoms with van der Waals surface area (Å²) in [6.07, 6.45) is 1.94. The highest BCUT2D eigenvalue weighted by Gasteiger charge is 2.28. The molecule has 1 atom stereocenters. The fourth-order valence-corrected chi connectivity index (χ4v) is 2.53. The lowest BCUT2D eigenvalue weighted by molar-refractivity contribution is -0.121. The first-order valence-electron chi connectivity index (χ1n) is 5.88. The molecule has 3 nitrogen and oxygen atoms in total. The second-order valence-corrected chi connectivity index (χ2v) is 4.84. The van der Waals surface area contributed by atoms with Crippen molar-refractivity contribution in [3.8, 4) is 0 Å². The SMILES string of the molecule is CNC1CCCN(c2ccc(Cl)cc2C)C1=O. The van der Waals surface area contributed by atoms with Crippen LogP contribution in [0.15, 0.2) is 18.2 Å². The van der Waals surface area contributed by atoms with Gasteiger partial charge in [0.1, 0.15) is 0 Å². The zero-order valence-corrected chi connectivity index (χ0v) is 10.9. The zero-order valence-electron chi connectivity index (χ0n) is 10.2. The smallest absolute Gasteiger partial charge is 0.244 e. The molecule has 1 aliphatic rings. The van der Waals surface area contributed by atoms with Crippen LogP contribution in [0, 0.1) is 6.92 Å². The van der Waals surface area contributed by atoms with Gasteiger partial charge in [0.05, 0.1) is 6.04 Å². The van der Waals surface area contributed by atoms with Crippen molar-refractivity contribution in [2.75, 3.05) is 18.5 Å². The standard InChI is InChI=1S/C13H17ClN2O/c1-9-8-10(14)5-6-12(9)16-7-3-4-11(15-2)13(16)17/h5-6,8,11,15H,3-4,7H2,1-2H3. The van der Waals surface area contributed by atoms with Gasteiger partial charge in [-0.2, -0.15) is 0 Å². The number of nitrogens with one attached hydrogen (secondary N) is 1. The van der Waals surface area contributed by atoms with E-state index in [1.165, 1.54) is 0 Å².